The highest BCUT2D eigenvalue weighted by Crippen LogP contribution is 2.32. The molecule has 3 nitrogen and oxygen atoms in total. The van der Waals surface area contributed by atoms with Crippen molar-refractivity contribution in [1.29, 1.82) is 0 Å². The molecule has 1 N–H and O–H groups in total. The highest BCUT2D eigenvalue weighted by atomic mass is 16.3. The topological polar surface area (TPSA) is 36.4 Å². The van der Waals surface area contributed by atoms with Gasteiger partial charge >= 0.3 is 0 Å². The van der Waals surface area contributed by atoms with Crippen molar-refractivity contribution >= 4 is 5.82 Å². The zero-order valence-corrected chi connectivity index (χ0v) is 10.3. The van der Waals surface area contributed by atoms with Crippen LogP contribution in [0.1, 0.15) is 37.9 Å². The maximum absolute atomic E-state index is 9.12. The lowest BCUT2D eigenvalue weighted by molar-refractivity contribution is 0.280. The predicted octanol–water partition coefficient (Wildman–Crippen LogP) is 2.26. The molecular weight excluding hydrogens is 200 g/mol. The molecule has 1 saturated heterocycles. The van der Waals surface area contributed by atoms with Crippen LogP contribution in [-0.2, 0) is 6.61 Å². The van der Waals surface area contributed by atoms with Crippen molar-refractivity contribution in [2.24, 2.45) is 0 Å². The maximum atomic E-state index is 9.12. The van der Waals surface area contributed by atoms with Crippen molar-refractivity contribution in [3.05, 3.63) is 23.4 Å². The Kier molecular flexibility index (Phi) is 2.89. The molecule has 0 spiro atoms. The van der Waals surface area contributed by atoms with Crippen molar-refractivity contribution in [3.8, 4) is 0 Å². The van der Waals surface area contributed by atoms with Crippen LogP contribution in [0, 0.1) is 6.92 Å². The van der Waals surface area contributed by atoms with Gasteiger partial charge in [-0.05, 0) is 45.2 Å². The lowest BCUT2D eigenvalue weighted by Gasteiger charge is -2.33. The molecule has 2 rings (SSSR count). The Bertz CT molecular complexity index is 388. The number of hydrogen-bond acceptors (Lipinski definition) is 3. The van der Waals surface area contributed by atoms with Gasteiger partial charge in [0.15, 0.2) is 0 Å². The van der Waals surface area contributed by atoms with Gasteiger partial charge < -0.3 is 10.0 Å². The number of hydrogen-bond donors (Lipinski definition) is 1. The molecule has 0 bridgehead atoms. The number of aromatic nitrogens is 1. The molecular formula is C13H20N2O. The first-order valence-electron chi connectivity index (χ1n) is 5.89. The fourth-order valence-corrected chi connectivity index (χ4v) is 2.43. The van der Waals surface area contributed by atoms with Crippen molar-refractivity contribution in [2.75, 3.05) is 11.4 Å². The van der Waals surface area contributed by atoms with Gasteiger partial charge in [-0.2, -0.15) is 0 Å². The Labute approximate surface area is 97.1 Å². The van der Waals surface area contributed by atoms with Crippen molar-refractivity contribution in [2.45, 2.75) is 45.8 Å². The molecule has 1 aliphatic rings. The summed E-state index contributed by atoms with van der Waals surface area (Å²) in [5, 5.41) is 9.12. The fraction of sp³-hybridized carbons (Fsp3) is 0.615. The highest BCUT2D eigenvalue weighted by molar-refractivity contribution is 5.45. The van der Waals surface area contributed by atoms with Gasteiger partial charge in [0, 0.05) is 17.8 Å². The van der Waals surface area contributed by atoms with Crippen LogP contribution in [-0.4, -0.2) is 22.2 Å². The standard InChI is InChI=1S/C13H20N2O/c1-10-11(9-16)5-6-12(14-10)15-8-4-7-13(15,2)3/h5-6,16H,4,7-9H2,1-3H3. The van der Waals surface area contributed by atoms with E-state index in [0.717, 1.165) is 23.6 Å². The number of rotatable bonds is 2. The molecule has 2 heterocycles. The first-order chi connectivity index (χ1) is 7.54. The summed E-state index contributed by atoms with van der Waals surface area (Å²) < 4.78 is 0. The summed E-state index contributed by atoms with van der Waals surface area (Å²) in [5.41, 5.74) is 2.06. The molecule has 0 aromatic carbocycles. The largest absolute Gasteiger partial charge is 0.392 e. The normalized spacial score (nSPS) is 19.1. The fourth-order valence-electron chi connectivity index (χ4n) is 2.43. The van der Waals surface area contributed by atoms with E-state index < -0.39 is 0 Å². The third kappa shape index (κ3) is 1.92. The van der Waals surface area contributed by atoms with Crippen LogP contribution >= 0.6 is 0 Å². The van der Waals surface area contributed by atoms with Crippen LogP contribution in [0.4, 0.5) is 5.82 Å². The molecule has 0 unspecified atom stereocenters. The van der Waals surface area contributed by atoms with Gasteiger partial charge in [-0.1, -0.05) is 6.07 Å². The molecule has 88 valence electrons. The zero-order chi connectivity index (χ0) is 11.8. The lowest BCUT2D eigenvalue weighted by atomic mass is 10.0. The minimum absolute atomic E-state index is 0.0719. The second-order valence-corrected chi connectivity index (χ2v) is 5.14. The van der Waals surface area contributed by atoms with Crippen molar-refractivity contribution in [3.63, 3.8) is 0 Å². The molecule has 3 heteroatoms. The molecule has 1 aromatic heterocycles. The molecule has 0 atom stereocenters. The van der Waals surface area contributed by atoms with Crippen LogP contribution in [0.15, 0.2) is 12.1 Å². The average molecular weight is 220 g/mol. The van der Waals surface area contributed by atoms with Crippen LogP contribution in [0.3, 0.4) is 0 Å². The second-order valence-electron chi connectivity index (χ2n) is 5.14. The summed E-state index contributed by atoms with van der Waals surface area (Å²) in [7, 11) is 0. The molecule has 16 heavy (non-hydrogen) atoms. The van der Waals surface area contributed by atoms with Crippen molar-refractivity contribution in [1.82, 2.24) is 4.98 Å². The SMILES string of the molecule is Cc1nc(N2CCCC2(C)C)ccc1CO. The van der Waals surface area contributed by atoms with Gasteiger partial charge in [0.05, 0.1) is 6.61 Å². The second kappa shape index (κ2) is 4.06. The molecule has 0 aliphatic carbocycles. The minimum Gasteiger partial charge on any atom is -0.392 e. The third-order valence-corrected chi connectivity index (χ3v) is 3.53. The minimum atomic E-state index is 0.0719. The zero-order valence-electron chi connectivity index (χ0n) is 10.3. The Hall–Kier alpha value is -1.09. The number of aliphatic hydroxyl groups excluding tert-OH is 1. The van der Waals surface area contributed by atoms with Crippen molar-refractivity contribution < 1.29 is 5.11 Å². The van der Waals surface area contributed by atoms with Gasteiger partial charge in [-0.15, -0.1) is 0 Å². The summed E-state index contributed by atoms with van der Waals surface area (Å²) in [6.45, 7) is 7.63. The third-order valence-electron chi connectivity index (χ3n) is 3.53. The van der Waals surface area contributed by atoms with Crippen LogP contribution in [0.5, 0.6) is 0 Å². The first kappa shape index (κ1) is 11.4. The molecule has 1 fully saturated rings. The Balaban J connectivity index is 2.31. The number of pyridine rings is 1. The van der Waals surface area contributed by atoms with E-state index in [9.17, 15) is 0 Å². The Morgan fingerprint density at radius 3 is 2.69 bits per heavy atom. The van der Waals surface area contributed by atoms with Crippen LogP contribution < -0.4 is 4.90 Å². The summed E-state index contributed by atoms with van der Waals surface area (Å²) >= 11 is 0. The van der Waals surface area contributed by atoms with E-state index >= 15 is 0 Å². The number of aliphatic hydroxyl groups is 1. The smallest absolute Gasteiger partial charge is 0.129 e. The van der Waals surface area contributed by atoms with Gasteiger partial charge in [0.25, 0.3) is 0 Å². The highest BCUT2D eigenvalue weighted by Gasteiger charge is 2.32. The summed E-state index contributed by atoms with van der Waals surface area (Å²) in [6, 6.07) is 4.00. The number of nitrogens with zero attached hydrogens (tertiary/aromatic N) is 2. The Morgan fingerprint density at radius 1 is 1.44 bits per heavy atom. The Morgan fingerprint density at radius 2 is 2.19 bits per heavy atom. The molecule has 0 radical (unpaired) electrons. The van der Waals surface area contributed by atoms with E-state index in [0.29, 0.717) is 0 Å². The van der Waals surface area contributed by atoms with E-state index in [4.69, 9.17) is 5.11 Å². The van der Waals surface area contributed by atoms with Gasteiger partial charge in [-0.25, -0.2) is 4.98 Å². The predicted molar refractivity (Wildman–Crippen MR) is 65.6 cm³/mol. The van der Waals surface area contributed by atoms with Gasteiger partial charge in [-0.3, -0.25) is 0 Å². The van der Waals surface area contributed by atoms with E-state index in [1.807, 2.05) is 19.1 Å². The van der Waals surface area contributed by atoms with E-state index in [-0.39, 0.29) is 12.1 Å². The van der Waals surface area contributed by atoms with Crippen LogP contribution in [0.25, 0.3) is 0 Å². The summed E-state index contributed by atoms with van der Waals surface area (Å²) in [6.07, 6.45) is 2.45. The lowest BCUT2D eigenvalue weighted by Crippen LogP contribution is -2.38. The summed E-state index contributed by atoms with van der Waals surface area (Å²) in [5.74, 6) is 1.04. The molecule has 1 aliphatic heterocycles. The molecule has 0 amide bonds. The van der Waals surface area contributed by atoms with Gasteiger partial charge in [0.2, 0.25) is 0 Å². The average Bonchev–Trinajstić information content (AvgIpc) is 2.58. The quantitative estimate of drug-likeness (QED) is 0.830. The van der Waals surface area contributed by atoms with E-state index in [2.05, 4.69) is 23.7 Å². The maximum Gasteiger partial charge on any atom is 0.129 e. The van der Waals surface area contributed by atoms with E-state index in [1.54, 1.807) is 0 Å². The first-order valence-corrected chi connectivity index (χ1v) is 5.89. The summed E-state index contributed by atoms with van der Waals surface area (Å²) in [4.78, 5) is 6.95. The number of anilines is 1. The van der Waals surface area contributed by atoms with Crippen LogP contribution in [0.2, 0.25) is 0 Å². The number of aryl methyl sites for hydroxylation is 1. The molecule has 1 aromatic rings. The monoisotopic (exact) mass is 220 g/mol. The molecule has 0 saturated carbocycles. The van der Waals surface area contributed by atoms with E-state index in [1.165, 1.54) is 12.8 Å². The van der Waals surface area contributed by atoms with Gasteiger partial charge in [0.1, 0.15) is 5.82 Å².